The first-order valence-corrected chi connectivity index (χ1v) is 9.90. The van der Waals surface area contributed by atoms with Crippen LogP contribution in [0.4, 0.5) is 5.82 Å². The molecule has 1 fully saturated rings. The van der Waals surface area contributed by atoms with Gasteiger partial charge in [-0.15, -0.1) is 0 Å². The van der Waals surface area contributed by atoms with E-state index in [4.69, 9.17) is 5.73 Å². The van der Waals surface area contributed by atoms with Crippen molar-refractivity contribution in [2.75, 3.05) is 18.0 Å². The van der Waals surface area contributed by atoms with Crippen molar-refractivity contribution in [2.24, 2.45) is 5.73 Å². The minimum Gasteiger partial charge on any atom is -0.363 e. The highest BCUT2D eigenvalue weighted by atomic mass is 16.1. The number of amides is 1. The van der Waals surface area contributed by atoms with Crippen LogP contribution >= 0.6 is 0 Å². The number of nitrogens with one attached hydrogen (secondary N) is 1. The number of hydrogen-bond donors (Lipinski definition) is 2. The number of carbonyl (C=O) groups is 1. The zero-order valence-electron chi connectivity index (χ0n) is 17.1. The summed E-state index contributed by atoms with van der Waals surface area (Å²) in [6.07, 6.45) is 2.85. The van der Waals surface area contributed by atoms with E-state index in [2.05, 4.69) is 50.3 Å². The quantitative estimate of drug-likeness (QED) is 0.694. The summed E-state index contributed by atoms with van der Waals surface area (Å²) in [5.74, 6) is 0.298. The van der Waals surface area contributed by atoms with E-state index in [1.807, 2.05) is 26.1 Å². The van der Waals surface area contributed by atoms with E-state index in [1.165, 1.54) is 16.5 Å². The third kappa shape index (κ3) is 3.91. The zero-order chi connectivity index (χ0) is 20.5. The number of fused-ring (bicyclic) bond motifs is 1. The van der Waals surface area contributed by atoms with Gasteiger partial charge in [0.05, 0.1) is 5.52 Å². The topological polar surface area (TPSA) is 97.0 Å². The summed E-state index contributed by atoms with van der Waals surface area (Å²) in [4.78, 5) is 26.8. The van der Waals surface area contributed by atoms with Gasteiger partial charge in [0, 0.05) is 48.5 Å². The van der Waals surface area contributed by atoms with Gasteiger partial charge >= 0.3 is 0 Å². The van der Waals surface area contributed by atoms with E-state index in [-0.39, 0.29) is 5.82 Å². The summed E-state index contributed by atoms with van der Waals surface area (Å²) < 4.78 is 0. The molecule has 0 aliphatic carbocycles. The lowest BCUT2D eigenvalue weighted by Crippen LogP contribution is -2.33. The first-order valence-electron chi connectivity index (χ1n) is 9.90. The molecule has 1 aliphatic rings. The van der Waals surface area contributed by atoms with Crippen molar-refractivity contribution < 1.29 is 4.79 Å². The number of rotatable bonds is 5. The Hall–Kier alpha value is -3.06. The van der Waals surface area contributed by atoms with Gasteiger partial charge in [-0.05, 0) is 50.5 Å². The monoisotopic (exact) mass is 390 g/mol. The number of anilines is 1. The summed E-state index contributed by atoms with van der Waals surface area (Å²) in [5.41, 5.74) is 10.7. The molecule has 0 unspecified atom stereocenters. The lowest BCUT2D eigenvalue weighted by Gasteiger charge is -2.21. The number of benzene rings is 1. The highest BCUT2D eigenvalue weighted by molar-refractivity contribution is 5.89. The van der Waals surface area contributed by atoms with Crippen molar-refractivity contribution in [3.63, 3.8) is 0 Å². The number of aromatic nitrogens is 3. The number of nitrogens with two attached hydrogens (primary N) is 1. The van der Waals surface area contributed by atoms with Crippen LogP contribution in [0.1, 0.15) is 39.4 Å². The normalized spacial score (nSPS) is 16.5. The van der Waals surface area contributed by atoms with Gasteiger partial charge < -0.3 is 16.0 Å². The molecule has 0 spiro atoms. The molecule has 2 aromatic heterocycles. The van der Waals surface area contributed by atoms with Gasteiger partial charge in [0.2, 0.25) is 5.82 Å². The Bertz CT molecular complexity index is 1080. The lowest BCUT2D eigenvalue weighted by atomic mass is 10.1. The largest absolute Gasteiger partial charge is 0.363 e. The molecule has 0 saturated carbocycles. The van der Waals surface area contributed by atoms with Crippen molar-refractivity contribution in [2.45, 2.75) is 39.8 Å². The molecule has 4 rings (SSSR count). The van der Waals surface area contributed by atoms with E-state index in [0.29, 0.717) is 6.04 Å². The van der Waals surface area contributed by atoms with Gasteiger partial charge in [-0.3, -0.25) is 9.78 Å². The SMILES string of the molecule is Cc1nc(C(N)=O)nc(N2CC[C@@H](NCc3cc(C)c4ncccc4c3)C2)c1C. The number of nitrogens with zero attached hydrogens (tertiary/aromatic N) is 4. The van der Waals surface area contributed by atoms with Crippen molar-refractivity contribution in [3.8, 4) is 0 Å². The minimum atomic E-state index is -0.593. The molecule has 3 N–H and O–H groups in total. The molecule has 29 heavy (non-hydrogen) atoms. The van der Waals surface area contributed by atoms with Crippen LogP contribution in [0.15, 0.2) is 30.5 Å². The smallest absolute Gasteiger partial charge is 0.286 e. The summed E-state index contributed by atoms with van der Waals surface area (Å²) in [7, 11) is 0. The Kier molecular flexibility index (Phi) is 5.15. The van der Waals surface area contributed by atoms with Crippen LogP contribution in [-0.4, -0.2) is 40.0 Å². The first-order chi connectivity index (χ1) is 13.9. The van der Waals surface area contributed by atoms with E-state index in [9.17, 15) is 4.79 Å². The molecule has 0 bridgehead atoms. The molecule has 1 atom stereocenters. The molecule has 1 aromatic carbocycles. The second-order valence-corrected chi connectivity index (χ2v) is 7.75. The number of pyridine rings is 1. The van der Waals surface area contributed by atoms with Gasteiger partial charge in [-0.1, -0.05) is 12.1 Å². The standard InChI is InChI=1S/C22H26N6O/c1-13-9-16(10-17-5-4-7-24-19(13)17)11-25-18-6-8-28(12-18)22-14(2)15(3)26-21(27-22)20(23)29/h4-5,7,9-10,18,25H,6,8,11-12H2,1-3H3,(H2,23,29)/t18-/m1/s1. The lowest BCUT2D eigenvalue weighted by molar-refractivity contribution is 0.0990. The Morgan fingerprint density at radius 1 is 1.28 bits per heavy atom. The molecule has 1 amide bonds. The van der Waals surface area contributed by atoms with E-state index < -0.39 is 5.91 Å². The second-order valence-electron chi connectivity index (χ2n) is 7.75. The predicted octanol–water partition coefficient (Wildman–Crippen LogP) is 2.42. The summed E-state index contributed by atoms with van der Waals surface area (Å²) in [5, 5.41) is 4.83. The molecular weight excluding hydrogens is 364 g/mol. The van der Waals surface area contributed by atoms with Crippen LogP contribution in [-0.2, 0) is 6.54 Å². The fourth-order valence-corrected chi connectivity index (χ4v) is 3.97. The van der Waals surface area contributed by atoms with Crippen LogP contribution in [0.25, 0.3) is 10.9 Å². The summed E-state index contributed by atoms with van der Waals surface area (Å²) >= 11 is 0. The van der Waals surface area contributed by atoms with Crippen molar-refractivity contribution in [1.82, 2.24) is 20.3 Å². The molecule has 7 nitrogen and oxygen atoms in total. The molecule has 7 heteroatoms. The van der Waals surface area contributed by atoms with Crippen LogP contribution in [0, 0.1) is 20.8 Å². The van der Waals surface area contributed by atoms with Crippen LogP contribution < -0.4 is 16.0 Å². The number of hydrogen-bond acceptors (Lipinski definition) is 6. The minimum absolute atomic E-state index is 0.0831. The maximum atomic E-state index is 11.5. The van der Waals surface area contributed by atoms with Gasteiger partial charge in [-0.2, -0.15) is 0 Å². The molecule has 3 heterocycles. The predicted molar refractivity (Wildman–Crippen MR) is 114 cm³/mol. The average molecular weight is 390 g/mol. The maximum Gasteiger partial charge on any atom is 0.286 e. The highest BCUT2D eigenvalue weighted by Gasteiger charge is 2.26. The van der Waals surface area contributed by atoms with Gasteiger partial charge in [0.1, 0.15) is 5.82 Å². The fraction of sp³-hybridized carbons (Fsp3) is 0.364. The van der Waals surface area contributed by atoms with Gasteiger partial charge in [0.15, 0.2) is 0 Å². The number of carbonyl (C=O) groups excluding carboxylic acids is 1. The molecule has 1 aliphatic heterocycles. The molecule has 150 valence electrons. The van der Waals surface area contributed by atoms with Crippen molar-refractivity contribution in [1.29, 1.82) is 0 Å². The molecule has 0 radical (unpaired) electrons. The number of primary amides is 1. The molecule has 3 aromatic rings. The molecular formula is C22H26N6O. The second kappa shape index (κ2) is 7.75. The number of aryl methyl sites for hydroxylation is 2. The third-order valence-corrected chi connectivity index (χ3v) is 5.62. The third-order valence-electron chi connectivity index (χ3n) is 5.62. The summed E-state index contributed by atoms with van der Waals surface area (Å²) in [6.45, 7) is 8.50. The van der Waals surface area contributed by atoms with Crippen LogP contribution in [0.3, 0.4) is 0 Å². The Balaban J connectivity index is 1.45. The zero-order valence-corrected chi connectivity index (χ0v) is 17.1. The Labute approximate surface area is 170 Å². The van der Waals surface area contributed by atoms with Crippen LogP contribution in [0.2, 0.25) is 0 Å². The maximum absolute atomic E-state index is 11.5. The van der Waals surface area contributed by atoms with E-state index in [1.54, 1.807) is 0 Å². The van der Waals surface area contributed by atoms with Crippen molar-refractivity contribution in [3.05, 3.63) is 58.7 Å². The van der Waals surface area contributed by atoms with E-state index >= 15 is 0 Å². The van der Waals surface area contributed by atoms with Gasteiger partial charge in [-0.25, -0.2) is 9.97 Å². The highest BCUT2D eigenvalue weighted by Crippen LogP contribution is 2.24. The Morgan fingerprint density at radius 3 is 2.90 bits per heavy atom. The fourth-order valence-electron chi connectivity index (χ4n) is 3.97. The van der Waals surface area contributed by atoms with Crippen molar-refractivity contribution >= 4 is 22.6 Å². The van der Waals surface area contributed by atoms with Crippen LogP contribution in [0.5, 0.6) is 0 Å². The van der Waals surface area contributed by atoms with Gasteiger partial charge in [0.25, 0.3) is 5.91 Å². The summed E-state index contributed by atoms with van der Waals surface area (Å²) in [6, 6.07) is 8.83. The average Bonchev–Trinajstić information content (AvgIpc) is 3.17. The molecule has 1 saturated heterocycles. The first kappa shape index (κ1) is 19.3. The van der Waals surface area contributed by atoms with E-state index in [0.717, 1.165) is 48.6 Å². The Morgan fingerprint density at radius 2 is 2.10 bits per heavy atom.